The SMILES string of the molecule is Cc1nc2cnc(-c3ccc(OCCN)cc3)cn2c1O. The molecule has 0 saturated carbocycles. The van der Waals surface area contributed by atoms with Crippen LogP contribution in [-0.2, 0) is 0 Å². The van der Waals surface area contributed by atoms with E-state index in [1.165, 1.54) is 0 Å². The summed E-state index contributed by atoms with van der Waals surface area (Å²) in [5.74, 6) is 0.906. The molecule has 1 aromatic carbocycles. The van der Waals surface area contributed by atoms with E-state index < -0.39 is 0 Å². The minimum atomic E-state index is 0.136. The quantitative estimate of drug-likeness (QED) is 0.762. The monoisotopic (exact) mass is 284 g/mol. The van der Waals surface area contributed by atoms with Crippen LogP contribution < -0.4 is 10.5 Å². The number of aromatic nitrogens is 3. The van der Waals surface area contributed by atoms with Gasteiger partial charge in [-0.25, -0.2) is 4.98 Å². The molecule has 0 atom stereocenters. The standard InChI is InChI=1S/C15H16N4O2/c1-10-15(20)19-9-13(17-8-14(19)18-10)11-2-4-12(5-3-11)21-7-6-16/h2-5,8-9,20H,6-7,16H2,1H3. The van der Waals surface area contributed by atoms with E-state index in [1.807, 2.05) is 24.3 Å². The fraction of sp³-hybridized carbons (Fsp3) is 0.200. The highest BCUT2D eigenvalue weighted by atomic mass is 16.5. The van der Waals surface area contributed by atoms with Crippen LogP contribution in [-0.4, -0.2) is 32.6 Å². The minimum Gasteiger partial charge on any atom is -0.493 e. The number of imidazole rings is 1. The second-order valence-corrected chi connectivity index (χ2v) is 4.68. The molecule has 0 aliphatic carbocycles. The van der Waals surface area contributed by atoms with Crippen molar-refractivity contribution in [1.29, 1.82) is 0 Å². The Balaban J connectivity index is 1.94. The molecular formula is C15H16N4O2. The molecular weight excluding hydrogens is 268 g/mol. The Bertz CT molecular complexity index is 765. The molecule has 0 fully saturated rings. The Hall–Kier alpha value is -2.60. The van der Waals surface area contributed by atoms with Crippen LogP contribution in [0.5, 0.6) is 11.6 Å². The van der Waals surface area contributed by atoms with Crippen molar-refractivity contribution in [1.82, 2.24) is 14.4 Å². The maximum Gasteiger partial charge on any atom is 0.219 e. The summed E-state index contributed by atoms with van der Waals surface area (Å²) in [5.41, 5.74) is 8.29. The van der Waals surface area contributed by atoms with Gasteiger partial charge in [-0.05, 0) is 31.2 Å². The van der Waals surface area contributed by atoms with Gasteiger partial charge in [-0.1, -0.05) is 0 Å². The highest BCUT2D eigenvalue weighted by Gasteiger charge is 2.09. The third-order valence-electron chi connectivity index (χ3n) is 3.19. The van der Waals surface area contributed by atoms with Gasteiger partial charge in [0.1, 0.15) is 18.1 Å². The molecule has 21 heavy (non-hydrogen) atoms. The van der Waals surface area contributed by atoms with E-state index in [0.717, 1.165) is 17.0 Å². The highest BCUT2D eigenvalue weighted by molar-refractivity contribution is 5.61. The van der Waals surface area contributed by atoms with E-state index in [2.05, 4.69) is 9.97 Å². The maximum atomic E-state index is 9.95. The predicted molar refractivity (Wildman–Crippen MR) is 79.4 cm³/mol. The molecule has 3 aromatic rings. The first kappa shape index (κ1) is 13.4. The zero-order chi connectivity index (χ0) is 14.8. The van der Waals surface area contributed by atoms with E-state index in [-0.39, 0.29) is 5.88 Å². The van der Waals surface area contributed by atoms with Gasteiger partial charge >= 0.3 is 0 Å². The van der Waals surface area contributed by atoms with Crippen molar-refractivity contribution >= 4 is 5.65 Å². The summed E-state index contributed by atoms with van der Waals surface area (Å²) in [6.07, 6.45) is 3.40. The molecule has 0 aliphatic heterocycles. The average Bonchev–Trinajstić information content (AvgIpc) is 2.80. The summed E-state index contributed by atoms with van der Waals surface area (Å²) in [5, 5.41) is 9.95. The number of hydrogen-bond donors (Lipinski definition) is 2. The Morgan fingerprint density at radius 2 is 2.05 bits per heavy atom. The van der Waals surface area contributed by atoms with Crippen LogP contribution in [0, 0.1) is 6.92 Å². The van der Waals surface area contributed by atoms with Crippen molar-refractivity contribution in [2.75, 3.05) is 13.2 Å². The van der Waals surface area contributed by atoms with E-state index in [0.29, 0.717) is 24.5 Å². The molecule has 6 nitrogen and oxygen atoms in total. The van der Waals surface area contributed by atoms with E-state index >= 15 is 0 Å². The Morgan fingerprint density at radius 3 is 2.76 bits per heavy atom. The molecule has 6 heteroatoms. The van der Waals surface area contributed by atoms with Gasteiger partial charge in [-0.15, -0.1) is 0 Å². The van der Waals surface area contributed by atoms with Crippen molar-refractivity contribution in [2.24, 2.45) is 5.73 Å². The van der Waals surface area contributed by atoms with Crippen LogP contribution in [0.3, 0.4) is 0 Å². The number of benzene rings is 1. The fourth-order valence-corrected chi connectivity index (χ4v) is 2.11. The lowest BCUT2D eigenvalue weighted by atomic mass is 10.1. The first-order chi connectivity index (χ1) is 10.2. The van der Waals surface area contributed by atoms with E-state index in [1.54, 1.807) is 23.7 Å². The van der Waals surface area contributed by atoms with Gasteiger partial charge in [0.05, 0.1) is 11.9 Å². The van der Waals surface area contributed by atoms with Gasteiger partial charge in [0, 0.05) is 18.3 Å². The minimum absolute atomic E-state index is 0.136. The van der Waals surface area contributed by atoms with Crippen molar-refractivity contribution in [2.45, 2.75) is 6.92 Å². The number of fused-ring (bicyclic) bond motifs is 1. The van der Waals surface area contributed by atoms with Gasteiger partial charge in [-0.3, -0.25) is 9.38 Å². The number of rotatable bonds is 4. The van der Waals surface area contributed by atoms with Crippen LogP contribution in [0.25, 0.3) is 16.9 Å². The van der Waals surface area contributed by atoms with Crippen molar-refractivity contribution in [3.05, 3.63) is 42.4 Å². The molecule has 3 rings (SSSR count). The first-order valence-corrected chi connectivity index (χ1v) is 6.66. The molecule has 0 radical (unpaired) electrons. The van der Waals surface area contributed by atoms with E-state index in [9.17, 15) is 5.11 Å². The van der Waals surface area contributed by atoms with Gasteiger partial charge < -0.3 is 15.6 Å². The molecule has 0 bridgehead atoms. The molecule has 2 aromatic heterocycles. The summed E-state index contributed by atoms with van der Waals surface area (Å²) >= 11 is 0. The van der Waals surface area contributed by atoms with E-state index in [4.69, 9.17) is 10.5 Å². The van der Waals surface area contributed by atoms with Crippen molar-refractivity contribution in [3.8, 4) is 22.9 Å². The van der Waals surface area contributed by atoms with Crippen LogP contribution in [0.15, 0.2) is 36.7 Å². The van der Waals surface area contributed by atoms with Crippen molar-refractivity contribution < 1.29 is 9.84 Å². The lowest BCUT2D eigenvalue weighted by Crippen LogP contribution is -2.10. The average molecular weight is 284 g/mol. The fourth-order valence-electron chi connectivity index (χ4n) is 2.11. The molecule has 0 amide bonds. The smallest absolute Gasteiger partial charge is 0.219 e. The molecule has 3 N–H and O–H groups in total. The summed E-state index contributed by atoms with van der Waals surface area (Å²) < 4.78 is 7.06. The number of nitrogens with two attached hydrogens (primary N) is 1. The lowest BCUT2D eigenvalue weighted by molar-refractivity contribution is 0.328. The summed E-state index contributed by atoms with van der Waals surface area (Å²) in [4.78, 5) is 8.58. The van der Waals surface area contributed by atoms with Crippen LogP contribution in [0.4, 0.5) is 0 Å². The largest absolute Gasteiger partial charge is 0.493 e. The topological polar surface area (TPSA) is 85.7 Å². The Morgan fingerprint density at radius 1 is 1.29 bits per heavy atom. The molecule has 2 heterocycles. The highest BCUT2D eigenvalue weighted by Crippen LogP contribution is 2.24. The van der Waals surface area contributed by atoms with Gasteiger partial charge in [0.25, 0.3) is 0 Å². The van der Waals surface area contributed by atoms with Crippen LogP contribution in [0.2, 0.25) is 0 Å². The third-order valence-corrected chi connectivity index (χ3v) is 3.19. The second kappa shape index (κ2) is 5.41. The zero-order valence-electron chi connectivity index (χ0n) is 11.7. The number of aromatic hydroxyl groups is 1. The molecule has 0 unspecified atom stereocenters. The molecule has 0 spiro atoms. The normalized spacial score (nSPS) is 11.0. The first-order valence-electron chi connectivity index (χ1n) is 6.66. The Labute approximate surface area is 121 Å². The van der Waals surface area contributed by atoms with Crippen molar-refractivity contribution in [3.63, 3.8) is 0 Å². The van der Waals surface area contributed by atoms with Gasteiger partial charge in [0.2, 0.25) is 5.88 Å². The predicted octanol–water partition coefficient (Wildman–Crippen LogP) is 1.75. The summed E-state index contributed by atoms with van der Waals surface area (Å²) in [7, 11) is 0. The molecule has 0 saturated heterocycles. The second-order valence-electron chi connectivity index (χ2n) is 4.68. The van der Waals surface area contributed by atoms with Crippen LogP contribution in [0.1, 0.15) is 5.69 Å². The zero-order valence-corrected chi connectivity index (χ0v) is 11.7. The molecule has 108 valence electrons. The molecule has 0 aliphatic rings. The summed E-state index contributed by atoms with van der Waals surface area (Å²) in [6.45, 7) is 2.73. The number of hydrogen-bond acceptors (Lipinski definition) is 5. The lowest BCUT2D eigenvalue weighted by Gasteiger charge is -2.06. The van der Waals surface area contributed by atoms with Gasteiger partial charge in [-0.2, -0.15) is 0 Å². The number of ether oxygens (including phenoxy) is 1. The number of aryl methyl sites for hydroxylation is 1. The van der Waals surface area contributed by atoms with Gasteiger partial charge in [0.15, 0.2) is 5.65 Å². The Kier molecular flexibility index (Phi) is 3.45. The maximum absolute atomic E-state index is 9.95. The number of nitrogens with zero attached hydrogens (tertiary/aromatic N) is 3. The van der Waals surface area contributed by atoms with Crippen LogP contribution >= 0.6 is 0 Å². The summed E-state index contributed by atoms with van der Waals surface area (Å²) in [6, 6.07) is 7.58. The third kappa shape index (κ3) is 2.53.